The molecule has 0 saturated carbocycles. The minimum absolute atomic E-state index is 0.0278. The van der Waals surface area contributed by atoms with Gasteiger partial charge in [-0.25, -0.2) is 0 Å². The first-order chi connectivity index (χ1) is 7.83. The third-order valence-electron chi connectivity index (χ3n) is 1.19. The Morgan fingerprint density at radius 2 is 1.12 bits per heavy atom. The molecule has 0 unspecified atom stereocenters. The Labute approximate surface area is 95.6 Å². The van der Waals surface area contributed by atoms with Crippen LogP contribution >= 0.6 is 0 Å². The molecule has 0 aromatic heterocycles. The summed E-state index contributed by atoms with van der Waals surface area (Å²) >= 11 is 0. The van der Waals surface area contributed by atoms with Gasteiger partial charge in [-0.05, 0) is 0 Å². The maximum absolute atomic E-state index is 8.09. The molecule has 0 spiro atoms. The fraction of sp³-hybridized carbons (Fsp3) is 0.800. The molecule has 0 saturated heterocycles. The van der Waals surface area contributed by atoms with Crippen LogP contribution in [0.1, 0.15) is 12.8 Å². The van der Waals surface area contributed by atoms with Crippen LogP contribution in [-0.2, 0) is 9.47 Å². The van der Waals surface area contributed by atoms with Gasteiger partial charge in [-0.1, -0.05) is 0 Å². The average molecular weight is 230 g/mol. The van der Waals surface area contributed by atoms with Crippen LogP contribution in [0.3, 0.4) is 0 Å². The van der Waals surface area contributed by atoms with Crippen molar-refractivity contribution in [2.24, 2.45) is 0 Å². The van der Waals surface area contributed by atoms with Crippen LogP contribution < -0.4 is 0 Å². The number of hydrogen-bond donors (Lipinski definition) is 2. The molecule has 0 heterocycles. The molecule has 0 aliphatic carbocycles. The van der Waals surface area contributed by atoms with Gasteiger partial charge in [0.05, 0.1) is 64.6 Å². The Kier molecular flexibility index (Phi) is 20.9. The Balaban J connectivity index is 0. The van der Waals surface area contributed by atoms with Gasteiger partial charge in [-0.15, -0.1) is 0 Å². The lowest BCUT2D eigenvalue weighted by Crippen LogP contribution is -2.03. The minimum atomic E-state index is 0.0278. The Morgan fingerprint density at radius 3 is 1.44 bits per heavy atom. The second-order valence-corrected chi connectivity index (χ2v) is 2.49. The molecular weight excluding hydrogens is 212 g/mol. The van der Waals surface area contributed by atoms with Gasteiger partial charge in [-0.3, -0.25) is 0 Å². The summed E-state index contributed by atoms with van der Waals surface area (Å²) in [7, 11) is 0. The molecule has 0 aliphatic heterocycles. The summed E-state index contributed by atoms with van der Waals surface area (Å²) < 4.78 is 9.50. The highest BCUT2D eigenvalue weighted by atomic mass is 16.5. The molecule has 16 heavy (non-hydrogen) atoms. The zero-order valence-corrected chi connectivity index (χ0v) is 9.26. The summed E-state index contributed by atoms with van der Waals surface area (Å²) in [5.41, 5.74) is 0. The van der Waals surface area contributed by atoms with Gasteiger partial charge in [0.2, 0.25) is 0 Å². The van der Waals surface area contributed by atoms with E-state index < -0.39 is 0 Å². The van der Waals surface area contributed by atoms with Gasteiger partial charge < -0.3 is 19.7 Å². The number of ether oxygens (including phenoxy) is 2. The number of nitriles is 2. The molecule has 0 bridgehead atoms. The molecule has 0 aliphatic rings. The van der Waals surface area contributed by atoms with Crippen LogP contribution in [0.5, 0.6) is 0 Å². The first-order valence-corrected chi connectivity index (χ1v) is 4.94. The highest BCUT2D eigenvalue weighted by molar-refractivity contribution is 4.69. The van der Waals surface area contributed by atoms with E-state index in [0.29, 0.717) is 39.3 Å². The van der Waals surface area contributed by atoms with Crippen LogP contribution in [0.2, 0.25) is 0 Å². The van der Waals surface area contributed by atoms with E-state index in [9.17, 15) is 0 Å². The summed E-state index contributed by atoms with van der Waals surface area (Å²) in [6.45, 7) is 1.58. The van der Waals surface area contributed by atoms with Crippen molar-refractivity contribution in [3.8, 4) is 12.1 Å². The molecule has 0 fully saturated rings. The normalized spacial score (nSPS) is 8.50. The van der Waals surface area contributed by atoms with E-state index in [4.69, 9.17) is 25.5 Å². The molecule has 6 heteroatoms. The van der Waals surface area contributed by atoms with E-state index in [1.807, 2.05) is 12.1 Å². The monoisotopic (exact) mass is 230 g/mol. The van der Waals surface area contributed by atoms with E-state index in [1.54, 1.807) is 0 Å². The Morgan fingerprint density at radius 1 is 0.750 bits per heavy atom. The fourth-order valence-electron chi connectivity index (χ4n) is 0.569. The molecule has 0 aromatic rings. The van der Waals surface area contributed by atoms with Crippen molar-refractivity contribution in [2.75, 3.05) is 39.6 Å². The number of rotatable bonds is 8. The van der Waals surface area contributed by atoms with Crippen molar-refractivity contribution in [3.63, 3.8) is 0 Å². The van der Waals surface area contributed by atoms with E-state index in [0.717, 1.165) is 0 Å². The van der Waals surface area contributed by atoms with E-state index in [-0.39, 0.29) is 13.2 Å². The van der Waals surface area contributed by atoms with Gasteiger partial charge in [0.25, 0.3) is 0 Å². The largest absolute Gasteiger partial charge is 0.394 e. The number of nitrogens with zero attached hydrogens (tertiary/aromatic N) is 2. The second kappa shape index (κ2) is 19.4. The third kappa shape index (κ3) is 23.0. The van der Waals surface area contributed by atoms with Gasteiger partial charge in [0, 0.05) is 0 Å². The average Bonchev–Trinajstić information content (AvgIpc) is 2.31. The summed E-state index contributed by atoms with van der Waals surface area (Å²) in [4.78, 5) is 0. The van der Waals surface area contributed by atoms with Crippen molar-refractivity contribution >= 4 is 0 Å². The lowest BCUT2D eigenvalue weighted by molar-refractivity contribution is 0.0650. The number of aliphatic hydroxyl groups is 2. The third-order valence-corrected chi connectivity index (χ3v) is 1.19. The summed E-state index contributed by atoms with van der Waals surface area (Å²) in [6.07, 6.45) is 0.816. The van der Waals surface area contributed by atoms with Crippen molar-refractivity contribution < 1.29 is 19.7 Å². The second-order valence-electron chi connectivity index (χ2n) is 2.49. The lowest BCUT2D eigenvalue weighted by atomic mass is 10.5. The lowest BCUT2D eigenvalue weighted by Gasteiger charge is -1.94. The molecule has 2 N–H and O–H groups in total. The Hall–Kier alpha value is -1.18. The maximum Gasteiger partial charge on any atom is 0.0698 e. The minimum Gasteiger partial charge on any atom is -0.394 e. The number of aliphatic hydroxyl groups excluding tert-OH is 2. The first kappa shape index (κ1) is 17.2. The standard InChI is InChI=1S/C6H8N2O.C4H10O3/c7-3-1-5-9-6-2-4-8;5-1-3-7-4-2-6/h1-2,5-6H2;5-6H,1-4H2. The van der Waals surface area contributed by atoms with Gasteiger partial charge in [0.1, 0.15) is 0 Å². The molecule has 0 amide bonds. The molecular formula is C10H18N2O4. The highest BCUT2D eigenvalue weighted by Crippen LogP contribution is 1.82. The van der Waals surface area contributed by atoms with Gasteiger partial charge >= 0.3 is 0 Å². The fourth-order valence-corrected chi connectivity index (χ4v) is 0.569. The predicted octanol–water partition coefficient (Wildman–Crippen LogP) is -0.182. The molecule has 0 aromatic carbocycles. The smallest absolute Gasteiger partial charge is 0.0698 e. The van der Waals surface area contributed by atoms with Crippen molar-refractivity contribution in [2.45, 2.75) is 12.8 Å². The van der Waals surface area contributed by atoms with Crippen molar-refractivity contribution in [1.82, 2.24) is 0 Å². The molecule has 0 radical (unpaired) electrons. The van der Waals surface area contributed by atoms with Gasteiger partial charge in [-0.2, -0.15) is 10.5 Å². The molecule has 92 valence electrons. The zero-order valence-electron chi connectivity index (χ0n) is 9.26. The predicted molar refractivity (Wildman–Crippen MR) is 56.3 cm³/mol. The quantitative estimate of drug-likeness (QED) is 0.560. The molecule has 0 rings (SSSR count). The van der Waals surface area contributed by atoms with Gasteiger partial charge in [0.15, 0.2) is 0 Å². The number of hydrogen-bond acceptors (Lipinski definition) is 6. The summed E-state index contributed by atoms with van der Waals surface area (Å²) in [6, 6.07) is 3.87. The van der Waals surface area contributed by atoms with E-state index in [2.05, 4.69) is 4.74 Å². The van der Waals surface area contributed by atoms with Crippen LogP contribution in [-0.4, -0.2) is 49.9 Å². The van der Waals surface area contributed by atoms with E-state index >= 15 is 0 Å². The maximum atomic E-state index is 8.09. The van der Waals surface area contributed by atoms with Crippen LogP contribution in [0.4, 0.5) is 0 Å². The SMILES string of the molecule is N#CCCOCCC#N.OCCOCCO. The summed E-state index contributed by atoms with van der Waals surface area (Å²) in [5, 5.41) is 32.2. The zero-order chi connectivity index (χ0) is 12.5. The Bertz CT molecular complexity index is 178. The van der Waals surface area contributed by atoms with Crippen molar-refractivity contribution in [1.29, 1.82) is 10.5 Å². The molecule has 0 atom stereocenters. The topological polar surface area (TPSA) is 106 Å². The van der Waals surface area contributed by atoms with Crippen molar-refractivity contribution in [3.05, 3.63) is 0 Å². The summed E-state index contributed by atoms with van der Waals surface area (Å²) in [5.74, 6) is 0. The van der Waals surface area contributed by atoms with Crippen LogP contribution in [0.25, 0.3) is 0 Å². The molecule has 6 nitrogen and oxygen atoms in total. The first-order valence-electron chi connectivity index (χ1n) is 4.94. The van der Waals surface area contributed by atoms with Crippen LogP contribution in [0, 0.1) is 22.7 Å². The van der Waals surface area contributed by atoms with Crippen LogP contribution in [0.15, 0.2) is 0 Å². The van der Waals surface area contributed by atoms with E-state index in [1.165, 1.54) is 0 Å². The highest BCUT2D eigenvalue weighted by Gasteiger charge is 1.84.